The summed E-state index contributed by atoms with van der Waals surface area (Å²) in [5.74, 6) is -1.07. The number of carbonyl (C=O) groups excluding carboxylic acids is 3. The number of benzene rings is 1. The Morgan fingerprint density at radius 1 is 1.14 bits per heavy atom. The fourth-order valence-corrected chi connectivity index (χ4v) is 4.40. The van der Waals surface area contributed by atoms with Crippen molar-refractivity contribution in [3.8, 4) is 0 Å². The van der Waals surface area contributed by atoms with Gasteiger partial charge in [-0.25, -0.2) is 0 Å². The molecule has 2 atom stereocenters. The van der Waals surface area contributed by atoms with E-state index in [0.717, 1.165) is 22.3 Å². The quantitative estimate of drug-likeness (QED) is 0.510. The fraction of sp³-hybridized carbons (Fsp3) is 0.391. The van der Waals surface area contributed by atoms with Crippen LogP contribution in [0.4, 0.5) is 0 Å². The topological polar surface area (TPSA) is 64.1 Å². The highest BCUT2D eigenvalue weighted by atomic mass is 35.5. The van der Waals surface area contributed by atoms with Crippen LogP contribution < -0.4 is 0 Å². The molecule has 0 bridgehead atoms. The maximum atomic E-state index is 13.0. The van der Waals surface area contributed by atoms with Crippen molar-refractivity contribution in [2.75, 3.05) is 0 Å². The Morgan fingerprint density at radius 2 is 1.82 bits per heavy atom. The Hall–Kier alpha value is -2.33. The molecule has 146 valence electrons. The minimum absolute atomic E-state index is 0.00613. The summed E-state index contributed by atoms with van der Waals surface area (Å²) in [6, 6.07) is 7.21. The number of carbonyl (C=O) groups is 3. The number of aromatic nitrogens is 1. The monoisotopic (exact) mass is 397 g/mol. The Balaban J connectivity index is 1.65. The Labute approximate surface area is 170 Å². The van der Waals surface area contributed by atoms with Gasteiger partial charge in [-0.15, -0.1) is 0 Å². The Kier molecular flexibility index (Phi) is 6.09. The van der Waals surface area contributed by atoms with Crippen molar-refractivity contribution in [3.63, 3.8) is 0 Å². The van der Waals surface area contributed by atoms with Crippen molar-refractivity contribution in [2.45, 2.75) is 52.4 Å². The van der Waals surface area contributed by atoms with E-state index in [1.54, 1.807) is 12.1 Å². The summed E-state index contributed by atoms with van der Waals surface area (Å²) in [5.41, 5.74) is 4.31. The van der Waals surface area contributed by atoms with Gasteiger partial charge in [0.05, 0.1) is 0 Å². The molecule has 1 aliphatic carbocycles. The number of hydrogen-bond donors (Lipinski definition) is 0. The molecule has 3 rings (SSSR count). The zero-order valence-electron chi connectivity index (χ0n) is 16.4. The number of Topliss-reactive ketones (excluding diaryl/α,β-unsaturated/α-hetero) is 3. The summed E-state index contributed by atoms with van der Waals surface area (Å²) < 4.78 is 0. The van der Waals surface area contributed by atoms with Gasteiger partial charge in [-0.3, -0.25) is 19.4 Å². The van der Waals surface area contributed by atoms with E-state index in [2.05, 4.69) is 4.98 Å². The van der Waals surface area contributed by atoms with Gasteiger partial charge in [-0.2, -0.15) is 0 Å². The first-order chi connectivity index (χ1) is 13.3. The van der Waals surface area contributed by atoms with Gasteiger partial charge >= 0.3 is 0 Å². The molecular formula is C23H24ClNO3. The number of ketones is 3. The minimum atomic E-state index is -0.657. The molecule has 0 radical (unpaired) electrons. The van der Waals surface area contributed by atoms with Crippen LogP contribution in [0.1, 0.15) is 64.3 Å². The van der Waals surface area contributed by atoms with Crippen LogP contribution in [0.3, 0.4) is 0 Å². The van der Waals surface area contributed by atoms with Gasteiger partial charge in [0.15, 0.2) is 11.6 Å². The number of hydrogen-bond acceptors (Lipinski definition) is 4. The number of aryl methyl sites for hydroxylation is 3. The Morgan fingerprint density at radius 3 is 2.46 bits per heavy atom. The summed E-state index contributed by atoms with van der Waals surface area (Å²) in [6.07, 6.45) is 3.15. The van der Waals surface area contributed by atoms with Crippen LogP contribution in [0.2, 0.25) is 5.02 Å². The highest BCUT2D eigenvalue weighted by molar-refractivity contribution is 6.30. The third-order valence-corrected chi connectivity index (χ3v) is 5.68. The molecule has 0 amide bonds. The lowest BCUT2D eigenvalue weighted by Crippen LogP contribution is -2.18. The van der Waals surface area contributed by atoms with Crippen LogP contribution >= 0.6 is 11.6 Å². The summed E-state index contributed by atoms with van der Waals surface area (Å²) in [6.45, 7) is 5.93. The van der Waals surface area contributed by atoms with Crippen molar-refractivity contribution in [3.05, 3.63) is 63.4 Å². The fourth-order valence-electron chi connectivity index (χ4n) is 4.24. The van der Waals surface area contributed by atoms with E-state index in [1.807, 2.05) is 32.9 Å². The summed E-state index contributed by atoms with van der Waals surface area (Å²) in [7, 11) is 0. The summed E-state index contributed by atoms with van der Waals surface area (Å²) in [4.78, 5) is 41.9. The first-order valence-electron chi connectivity index (χ1n) is 9.57. The second-order valence-corrected chi connectivity index (χ2v) is 8.13. The lowest BCUT2D eigenvalue weighted by Gasteiger charge is -2.16. The summed E-state index contributed by atoms with van der Waals surface area (Å²) in [5, 5.41) is 0.474. The van der Waals surface area contributed by atoms with Gasteiger partial charge in [0.25, 0.3) is 0 Å². The van der Waals surface area contributed by atoms with Gasteiger partial charge in [-0.05, 0) is 62.4 Å². The number of halogens is 1. The molecule has 2 unspecified atom stereocenters. The maximum Gasteiger partial charge on any atom is 0.181 e. The van der Waals surface area contributed by atoms with E-state index < -0.39 is 5.92 Å². The standard InChI is InChI=1S/C23H24ClNO3/c1-13-9-14(2)21(15(3)10-13)22-20(27)11-16(23(22)28)5-4-6-19(26)18-12-17(24)7-8-25-18/h7-10,12,16,22H,4-6,11H2,1-3H3. The van der Waals surface area contributed by atoms with Gasteiger partial charge < -0.3 is 0 Å². The number of pyridine rings is 1. The molecular weight excluding hydrogens is 374 g/mol. The van der Waals surface area contributed by atoms with Gasteiger partial charge in [0, 0.05) is 30.0 Å². The van der Waals surface area contributed by atoms with Crippen LogP contribution in [-0.2, 0) is 9.59 Å². The molecule has 1 aromatic carbocycles. The molecule has 2 aromatic rings. The van der Waals surface area contributed by atoms with Gasteiger partial charge in [0.1, 0.15) is 17.4 Å². The van der Waals surface area contributed by atoms with Gasteiger partial charge in [-0.1, -0.05) is 29.3 Å². The molecule has 1 aromatic heterocycles. The molecule has 28 heavy (non-hydrogen) atoms. The van der Waals surface area contributed by atoms with Crippen LogP contribution in [0.15, 0.2) is 30.5 Å². The van der Waals surface area contributed by atoms with Crippen LogP contribution in [0, 0.1) is 26.7 Å². The lowest BCUT2D eigenvalue weighted by atomic mass is 9.86. The lowest BCUT2D eigenvalue weighted by molar-refractivity contribution is -0.124. The van der Waals surface area contributed by atoms with Crippen molar-refractivity contribution >= 4 is 29.0 Å². The first-order valence-corrected chi connectivity index (χ1v) is 9.94. The molecule has 0 saturated heterocycles. The van der Waals surface area contributed by atoms with E-state index >= 15 is 0 Å². The molecule has 1 saturated carbocycles. The van der Waals surface area contributed by atoms with E-state index in [0.29, 0.717) is 30.0 Å². The van der Waals surface area contributed by atoms with E-state index in [1.165, 1.54) is 6.20 Å². The average Bonchev–Trinajstić information content (AvgIpc) is 2.89. The molecule has 0 aliphatic heterocycles. The predicted molar refractivity (Wildman–Crippen MR) is 109 cm³/mol. The number of nitrogens with zero attached hydrogens (tertiary/aromatic N) is 1. The molecule has 0 N–H and O–H groups in total. The van der Waals surface area contributed by atoms with Crippen LogP contribution in [-0.4, -0.2) is 22.3 Å². The molecule has 1 heterocycles. The Bertz CT molecular complexity index is 928. The normalized spacial score (nSPS) is 19.3. The third-order valence-electron chi connectivity index (χ3n) is 5.45. The smallest absolute Gasteiger partial charge is 0.181 e. The molecule has 5 heteroatoms. The second kappa shape index (κ2) is 8.36. The molecule has 1 fully saturated rings. The second-order valence-electron chi connectivity index (χ2n) is 7.69. The van der Waals surface area contributed by atoms with E-state index in [4.69, 9.17) is 11.6 Å². The average molecular weight is 398 g/mol. The van der Waals surface area contributed by atoms with Crippen LogP contribution in [0.25, 0.3) is 0 Å². The highest BCUT2D eigenvalue weighted by Crippen LogP contribution is 2.38. The highest BCUT2D eigenvalue weighted by Gasteiger charge is 2.42. The largest absolute Gasteiger partial charge is 0.298 e. The third kappa shape index (κ3) is 4.22. The predicted octanol–water partition coefficient (Wildman–Crippen LogP) is 4.96. The van der Waals surface area contributed by atoms with Crippen LogP contribution in [0.5, 0.6) is 0 Å². The minimum Gasteiger partial charge on any atom is -0.298 e. The van der Waals surface area contributed by atoms with Crippen molar-refractivity contribution in [2.24, 2.45) is 5.92 Å². The summed E-state index contributed by atoms with van der Waals surface area (Å²) >= 11 is 5.90. The van der Waals surface area contributed by atoms with Gasteiger partial charge in [0.2, 0.25) is 0 Å². The maximum absolute atomic E-state index is 13.0. The van der Waals surface area contributed by atoms with E-state index in [9.17, 15) is 14.4 Å². The molecule has 0 spiro atoms. The zero-order chi connectivity index (χ0) is 20.4. The van der Waals surface area contributed by atoms with Crippen molar-refractivity contribution in [1.82, 2.24) is 4.98 Å². The van der Waals surface area contributed by atoms with Crippen molar-refractivity contribution in [1.29, 1.82) is 0 Å². The molecule has 1 aliphatic rings. The first kappa shape index (κ1) is 20.4. The molecule has 4 nitrogen and oxygen atoms in total. The van der Waals surface area contributed by atoms with E-state index in [-0.39, 0.29) is 29.7 Å². The SMILES string of the molecule is Cc1cc(C)c(C2C(=O)CC(CCCC(=O)c3cc(Cl)ccn3)C2=O)c(C)c1. The van der Waals surface area contributed by atoms with Crippen molar-refractivity contribution < 1.29 is 14.4 Å². The number of rotatable bonds is 6. The zero-order valence-corrected chi connectivity index (χ0v) is 17.2.